The average Bonchev–Trinajstić information content (AvgIpc) is 3.38. The van der Waals surface area contributed by atoms with Gasteiger partial charge in [-0.1, -0.05) is 42.5 Å². The molecular weight excluding hydrogens is 311 g/mol. The number of hydrogen-bond donors (Lipinski definition) is 0. The topological polar surface area (TPSA) is 8.17 Å². The normalized spacial score (nSPS) is 14.2. The van der Waals surface area contributed by atoms with Crippen molar-refractivity contribution in [1.82, 2.24) is 9.47 Å². The van der Waals surface area contributed by atoms with Crippen molar-refractivity contribution in [2.75, 3.05) is 0 Å². The van der Waals surface area contributed by atoms with Gasteiger partial charge in [0.05, 0.1) is 0 Å². The minimum Gasteiger partial charge on any atom is -0.346 e. The lowest BCUT2D eigenvalue weighted by atomic mass is 10.2. The number of halogens is 1. The number of nitrogens with zero attached hydrogens (tertiary/aromatic N) is 2. The van der Waals surface area contributed by atoms with Crippen LogP contribution in [0.5, 0.6) is 0 Å². The number of hydrogen-bond acceptors (Lipinski definition) is 1. The fourth-order valence-corrected chi connectivity index (χ4v) is 3.36. The van der Waals surface area contributed by atoms with Gasteiger partial charge in [-0.3, -0.25) is 4.90 Å². The molecule has 0 spiro atoms. The predicted molar refractivity (Wildman–Crippen MR) is 98.6 cm³/mol. The molecule has 1 aromatic heterocycles. The van der Waals surface area contributed by atoms with Gasteiger partial charge in [-0.2, -0.15) is 0 Å². The smallest absolute Gasteiger partial charge is 0.123 e. The third-order valence-corrected chi connectivity index (χ3v) is 4.82. The Bertz CT molecular complexity index is 821. The lowest BCUT2D eigenvalue weighted by Crippen LogP contribution is -2.26. The maximum Gasteiger partial charge on any atom is 0.123 e. The van der Waals surface area contributed by atoms with Crippen molar-refractivity contribution in [2.24, 2.45) is 0 Å². The van der Waals surface area contributed by atoms with E-state index in [0.717, 1.165) is 25.2 Å². The van der Waals surface area contributed by atoms with Gasteiger partial charge in [0.2, 0.25) is 0 Å². The Kier molecular flexibility index (Phi) is 4.66. The van der Waals surface area contributed by atoms with E-state index in [4.69, 9.17) is 0 Å². The third-order valence-electron chi connectivity index (χ3n) is 4.82. The maximum absolute atomic E-state index is 13.5. The van der Waals surface area contributed by atoms with E-state index in [0.29, 0.717) is 6.04 Å². The second-order valence-corrected chi connectivity index (χ2v) is 6.88. The van der Waals surface area contributed by atoms with Crippen LogP contribution in [0, 0.1) is 5.82 Å². The first-order chi connectivity index (χ1) is 12.3. The van der Waals surface area contributed by atoms with E-state index in [9.17, 15) is 4.39 Å². The summed E-state index contributed by atoms with van der Waals surface area (Å²) in [5, 5.41) is 0. The molecule has 0 N–H and O–H groups in total. The van der Waals surface area contributed by atoms with Crippen molar-refractivity contribution in [1.29, 1.82) is 0 Å². The molecule has 4 rings (SSSR count). The largest absolute Gasteiger partial charge is 0.346 e. The summed E-state index contributed by atoms with van der Waals surface area (Å²) < 4.78 is 15.8. The Morgan fingerprint density at radius 1 is 0.880 bits per heavy atom. The van der Waals surface area contributed by atoms with Crippen LogP contribution in [0.3, 0.4) is 0 Å². The molecule has 3 aromatic rings. The Balaban J connectivity index is 1.49. The first-order valence-electron chi connectivity index (χ1n) is 8.94. The number of benzene rings is 2. The summed E-state index contributed by atoms with van der Waals surface area (Å²) in [6.45, 7) is 2.60. The summed E-state index contributed by atoms with van der Waals surface area (Å²) in [5.41, 5.74) is 3.67. The molecule has 3 heteroatoms. The van der Waals surface area contributed by atoms with Crippen LogP contribution in [-0.2, 0) is 19.6 Å². The zero-order valence-corrected chi connectivity index (χ0v) is 14.3. The van der Waals surface area contributed by atoms with Gasteiger partial charge in [-0.15, -0.1) is 0 Å². The van der Waals surface area contributed by atoms with E-state index in [2.05, 4.69) is 52.1 Å². The van der Waals surface area contributed by atoms with Crippen LogP contribution in [0.25, 0.3) is 0 Å². The Hall–Kier alpha value is -2.39. The van der Waals surface area contributed by atoms with Crippen molar-refractivity contribution in [3.05, 3.63) is 95.6 Å². The zero-order valence-electron chi connectivity index (χ0n) is 14.3. The summed E-state index contributed by atoms with van der Waals surface area (Å²) in [5.74, 6) is -0.152. The summed E-state index contributed by atoms with van der Waals surface area (Å²) >= 11 is 0. The molecule has 1 saturated carbocycles. The van der Waals surface area contributed by atoms with E-state index >= 15 is 0 Å². The van der Waals surface area contributed by atoms with Crippen molar-refractivity contribution in [2.45, 2.75) is 38.5 Å². The zero-order chi connectivity index (χ0) is 17.1. The van der Waals surface area contributed by atoms with Crippen molar-refractivity contribution in [3.63, 3.8) is 0 Å². The highest BCUT2D eigenvalue weighted by molar-refractivity contribution is 5.19. The van der Waals surface area contributed by atoms with E-state index in [1.807, 2.05) is 12.1 Å². The van der Waals surface area contributed by atoms with Crippen LogP contribution in [-0.4, -0.2) is 15.5 Å². The van der Waals surface area contributed by atoms with Crippen LogP contribution in [0.1, 0.15) is 29.7 Å². The molecule has 0 atom stereocenters. The molecule has 0 bridgehead atoms. The molecule has 2 nitrogen and oxygen atoms in total. The minimum atomic E-state index is -0.152. The van der Waals surface area contributed by atoms with Crippen molar-refractivity contribution < 1.29 is 4.39 Å². The fourth-order valence-electron chi connectivity index (χ4n) is 3.36. The van der Waals surface area contributed by atoms with Crippen LogP contribution in [0.4, 0.5) is 4.39 Å². The predicted octanol–water partition coefficient (Wildman–Crippen LogP) is 4.84. The molecule has 1 fully saturated rings. The number of aromatic nitrogens is 1. The van der Waals surface area contributed by atoms with Gasteiger partial charge >= 0.3 is 0 Å². The van der Waals surface area contributed by atoms with Crippen LogP contribution >= 0.6 is 0 Å². The van der Waals surface area contributed by atoms with Gasteiger partial charge in [0.1, 0.15) is 5.82 Å². The first-order valence-corrected chi connectivity index (χ1v) is 8.94. The molecule has 0 radical (unpaired) electrons. The molecule has 1 aliphatic rings. The monoisotopic (exact) mass is 334 g/mol. The molecule has 0 unspecified atom stereocenters. The molecule has 25 heavy (non-hydrogen) atoms. The standard InChI is InChI=1S/C22H23FN2/c23-20-9-4-8-19(14-20)16-25(21-11-12-21)17-22-10-5-13-24(22)15-18-6-2-1-3-7-18/h1-10,13-14,21H,11-12,15-17H2. The van der Waals surface area contributed by atoms with Gasteiger partial charge in [-0.05, 0) is 48.2 Å². The molecular formula is C22H23FN2. The Morgan fingerprint density at radius 3 is 2.44 bits per heavy atom. The second kappa shape index (κ2) is 7.24. The highest BCUT2D eigenvalue weighted by atomic mass is 19.1. The van der Waals surface area contributed by atoms with E-state index in [1.165, 1.54) is 30.2 Å². The summed E-state index contributed by atoms with van der Waals surface area (Å²) in [7, 11) is 0. The van der Waals surface area contributed by atoms with Crippen LogP contribution < -0.4 is 0 Å². The SMILES string of the molecule is Fc1cccc(CN(Cc2cccn2Cc2ccccc2)C2CC2)c1. The lowest BCUT2D eigenvalue weighted by molar-refractivity contribution is 0.239. The van der Waals surface area contributed by atoms with Gasteiger partial charge in [0, 0.05) is 37.6 Å². The third kappa shape index (κ3) is 4.18. The second-order valence-electron chi connectivity index (χ2n) is 6.88. The molecule has 2 aromatic carbocycles. The molecule has 128 valence electrons. The van der Waals surface area contributed by atoms with Crippen LogP contribution in [0.15, 0.2) is 72.9 Å². The summed E-state index contributed by atoms with van der Waals surface area (Å²) in [6.07, 6.45) is 4.64. The fraction of sp³-hybridized carbons (Fsp3) is 0.273. The Morgan fingerprint density at radius 2 is 1.68 bits per heavy atom. The van der Waals surface area contributed by atoms with Gasteiger partial charge in [0.25, 0.3) is 0 Å². The van der Waals surface area contributed by atoms with Gasteiger partial charge in [0.15, 0.2) is 0 Å². The molecule has 0 amide bonds. The van der Waals surface area contributed by atoms with E-state index in [-0.39, 0.29) is 5.82 Å². The van der Waals surface area contributed by atoms with Gasteiger partial charge < -0.3 is 4.57 Å². The minimum absolute atomic E-state index is 0.152. The van der Waals surface area contributed by atoms with Gasteiger partial charge in [-0.25, -0.2) is 4.39 Å². The summed E-state index contributed by atoms with van der Waals surface area (Å²) in [4.78, 5) is 2.48. The van der Waals surface area contributed by atoms with Crippen LogP contribution in [0.2, 0.25) is 0 Å². The molecule has 1 aliphatic carbocycles. The molecule has 0 aliphatic heterocycles. The van der Waals surface area contributed by atoms with E-state index < -0.39 is 0 Å². The number of rotatable bonds is 7. The molecule has 1 heterocycles. The average molecular weight is 334 g/mol. The summed E-state index contributed by atoms with van der Waals surface area (Å²) in [6, 6.07) is 22.5. The Labute approximate surface area is 148 Å². The van der Waals surface area contributed by atoms with E-state index in [1.54, 1.807) is 12.1 Å². The quantitative estimate of drug-likeness (QED) is 0.600. The van der Waals surface area contributed by atoms with Crippen molar-refractivity contribution in [3.8, 4) is 0 Å². The first kappa shape index (κ1) is 16.1. The van der Waals surface area contributed by atoms with Crippen molar-refractivity contribution >= 4 is 0 Å². The highest BCUT2D eigenvalue weighted by Crippen LogP contribution is 2.30. The molecule has 0 saturated heterocycles. The maximum atomic E-state index is 13.5. The highest BCUT2D eigenvalue weighted by Gasteiger charge is 2.29. The lowest BCUT2D eigenvalue weighted by Gasteiger charge is -2.23.